The van der Waals surface area contributed by atoms with E-state index < -0.39 is 0 Å². The molecule has 4 nitrogen and oxygen atoms in total. The van der Waals surface area contributed by atoms with Gasteiger partial charge in [0.05, 0.1) is 0 Å². The zero-order valence-corrected chi connectivity index (χ0v) is 17.9. The molecule has 0 aliphatic heterocycles. The van der Waals surface area contributed by atoms with E-state index in [0.29, 0.717) is 11.1 Å². The zero-order chi connectivity index (χ0) is 21.3. The van der Waals surface area contributed by atoms with Gasteiger partial charge >= 0.3 is 172 Å². The molecular formula is C23H27BFN3O. The van der Waals surface area contributed by atoms with Gasteiger partial charge in [-0.2, -0.15) is 0 Å². The number of aryl methyl sites for hydroxylation is 1. The molecule has 29 heavy (non-hydrogen) atoms. The van der Waals surface area contributed by atoms with Crippen molar-refractivity contribution in [2.24, 2.45) is 0 Å². The predicted octanol–water partition coefficient (Wildman–Crippen LogP) is 4.98. The number of rotatable bonds is 4. The van der Waals surface area contributed by atoms with Crippen LogP contribution >= 0.6 is 0 Å². The van der Waals surface area contributed by atoms with Crippen molar-refractivity contribution in [2.45, 2.75) is 53.0 Å². The molecule has 0 aliphatic rings. The molecule has 0 fully saturated rings. The normalized spacial score (nSPS) is 11.6. The Morgan fingerprint density at radius 2 is 1.86 bits per heavy atom. The fourth-order valence-corrected chi connectivity index (χ4v) is 3.25. The number of hydrogen-bond acceptors (Lipinski definition) is 2. The molecule has 150 valence electrons. The van der Waals surface area contributed by atoms with Crippen molar-refractivity contribution >= 4 is 13.0 Å². The number of nitrogens with one attached hydrogen (secondary N) is 1. The van der Waals surface area contributed by atoms with Crippen molar-refractivity contribution < 1.29 is 9.18 Å². The third-order valence-electron chi connectivity index (χ3n) is 4.62. The van der Waals surface area contributed by atoms with Crippen LogP contribution in [0.1, 0.15) is 62.3 Å². The summed E-state index contributed by atoms with van der Waals surface area (Å²) in [5.74, 6) is 0.756. The van der Waals surface area contributed by atoms with Gasteiger partial charge in [0.25, 0.3) is 0 Å². The molecule has 0 saturated carbocycles. The van der Waals surface area contributed by atoms with Gasteiger partial charge in [-0.05, 0) is 0 Å². The number of carbonyl (C=O) groups is 1. The summed E-state index contributed by atoms with van der Waals surface area (Å²) < 4.78 is 15.8. The number of aromatic nitrogens is 2. The SMILES string of the molecule is Cc1cc(-c2cc(C(=O)NC(C)(C)C)cc(-n3cbnc3C(C)C)c2)ccc1F. The van der Waals surface area contributed by atoms with E-state index in [0.717, 1.165) is 22.6 Å². The molecule has 3 aromatic rings. The summed E-state index contributed by atoms with van der Waals surface area (Å²) in [5, 5.41) is 3.02. The number of hydrogen-bond donors (Lipinski definition) is 1. The van der Waals surface area contributed by atoms with Crippen LogP contribution in [0.2, 0.25) is 0 Å². The van der Waals surface area contributed by atoms with E-state index in [4.69, 9.17) is 0 Å². The number of carbonyl (C=O) groups excluding carboxylic acids is 1. The van der Waals surface area contributed by atoms with Gasteiger partial charge in [0.1, 0.15) is 0 Å². The molecule has 1 heterocycles. The van der Waals surface area contributed by atoms with Crippen molar-refractivity contribution in [3.8, 4) is 16.8 Å². The van der Waals surface area contributed by atoms with Crippen molar-refractivity contribution in [3.05, 3.63) is 65.3 Å². The van der Waals surface area contributed by atoms with Gasteiger partial charge < -0.3 is 0 Å². The Kier molecular flexibility index (Phi) is 5.74. The molecule has 0 atom stereocenters. The topological polar surface area (TPSA) is 46.9 Å². The van der Waals surface area contributed by atoms with Crippen LogP contribution in [0.5, 0.6) is 0 Å². The minimum atomic E-state index is -0.349. The Hall–Kier alpha value is -2.76. The Labute approximate surface area is 172 Å². The molecule has 0 saturated heterocycles. The van der Waals surface area contributed by atoms with Gasteiger partial charge in [0, 0.05) is 0 Å². The second-order valence-electron chi connectivity index (χ2n) is 8.75. The van der Waals surface area contributed by atoms with Crippen LogP contribution in [0.4, 0.5) is 4.39 Å². The molecule has 0 unspecified atom stereocenters. The third kappa shape index (κ3) is 4.81. The van der Waals surface area contributed by atoms with Gasteiger partial charge in [-0.25, -0.2) is 0 Å². The summed E-state index contributed by atoms with van der Waals surface area (Å²) in [6, 6.07) is 10.7. The predicted molar refractivity (Wildman–Crippen MR) is 116 cm³/mol. The zero-order valence-electron chi connectivity index (χ0n) is 17.9. The first-order valence-corrected chi connectivity index (χ1v) is 9.83. The van der Waals surface area contributed by atoms with E-state index >= 15 is 0 Å². The van der Waals surface area contributed by atoms with Crippen LogP contribution in [-0.2, 0) is 0 Å². The maximum absolute atomic E-state index is 13.8. The summed E-state index contributed by atoms with van der Waals surface area (Å²) in [6.45, 7) is 11.8. The van der Waals surface area contributed by atoms with E-state index in [1.807, 2.05) is 49.6 Å². The Balaban J connectivity index is 2.17. The number of nitrogens with zero attached hydrogens (tertiary/aromatic N) is 2. The van der Waals surface area contributed by atoms with Gasteiger partial charge in [0.2, 0.25) is 0 Å². The summed E-state index contributed by atoms with van der Waals surface area (Å²) in [6.07, 6.45) is 1.90. The summed E-state index contributed by atoms with van der Waals surface area (Å²) in [7, 11) is 1.76. The van der Waals surface area contributed by atoms with Crippen LogP contribution in [-0.4, -0.2) is 28.0 Å². The summed E-state index contributed by atoms with van der Waals surface area (Å²) in [5.41, 5.74) is 3.34. The molecule has 0 aliphatic carbocycles. The van der Waals surface area contributed by atoms with Gasteiger partial charge in [-0.3, -0.25) is 0 Å². The quantitative estimate of drug-likeness (QED) is 0.682. The first kappa shape index (κ1) is 21.0. The number of amides is 1. The third-order valence-corrected chi connectivity index (χ3v) is 4.62. The number of halogens is 1. The van der Waals surface area contributed by atoms with Crippen LogP contribution in [0.15, 0.2) is 42.5 Å². The standard InChI is InChI=1S/C23H27BFN3O/c1-14(2)21-27-24-13-28(21)19-11-17(16-7-8-20(25)15(3)9-16)10-18(12-19)22(29)26-23(4,5)6/h7-14H,1-6H3,(H,26,29). The van der Waals surface area contributed by atoms with Gasteiger partial charge in [-0.1, -0.05) is 0 Å². The fourth-order valence-electron chi connectivity index (χ4n) is 3.25. The molecule has 1 amide bonds. The van der Waals surface area contributed by atoms with Crippen LogP contribution in [0.3, 0.4) is 0 Å². The minimum absolute atomic E-state index is 0.148. The van der Waals surface area contributed by atoms with Crippen LogP contribution < -0.4 is 5.32 Å². The summed E-state index contributed by atoms with van der Waals surface area (Å²) >= 11 is 0. The monoisotopic (exact) mass is 391 g/mol. The molecule has 1 aromatic heterocycles. The molecule has 6 heteroatoms. The fraction of sp³-hybridized carbons (Fsp3) is 0.348. The first-order valence-electron chi connectivity index (χ1n) is 9.83. The maximum atomic E-state index is 13.8. The van der Waals surface area contributed by atoms with Gasteiger partial charge in [-0.15, -0.1) is 0 Å². The molecular weight excluding hydrogens is 364 g/mol. The van der Waals surface area contributed by atoms with E-state index in [1.54, 1.807) is 26.1 Å². The van der Waals surface area contributed by atoms with Crippen LogP contribution in [0, 0.1) is 12.7 Å². The molecule has 0 radical (unpaired) electrons. The Morgan fingerprint density at radius 1 is 1.14 bits per heavy atom. The van der Waals surface area contributed by atoms with Gasteiger partial charge in [0.15, 0.2) is 0 Å². The van der Waals surface area contributed by atoms with Crippen molar-refractivity contribution in [2.75, 3.05) is 0 Å². The average Bonchev–Trinajstić information content (AvgIpc) is 3.12. The molecule has 2 aromatic carbocycles. The van der Waals surface area contributed by atoms with Crippen molar-refractivity contribution in [3.63, 3.8) is 0 Å². The second kappa shape index (κ2) is 7.93. The van der Waals surface area contributed by atoms with Crippen LogP contribution in [0.25, 0.3) is 16.8 Å². The first-order chi connectivity index (χ1) is 13.5. The van der Waals surface area contributed by atoms with E-state index in [2.05, 4.69) is 24.1 Å². The second-order valence-corrected chi connectivity index (χ2v) is 8.75. The molecule has 3 rings (SSSR count). The molecule has 1 N–H and O–H groups in total. The number of benzene rings is 2. The Morgan fingerprint density at radius 3 is 2.48 bits per heavy atom. The van der Waals surface area contributed by atoms with Crippen molar-refractivity contribution in [1.82, 2.24) is 14.8 Å². The van der Waals surface area contributed by atoms with Crippen molar-refractivity contribution in [1.29, 1.82) is 0 Å². The average molecular weight is 391 g/mol. The summed E-state index contributed by atoms with van der Waals surface area (Å²) in [4.78, 5) is 17.4. The van der Waals surface area contributed by atoms with E-state index in [-0.39, 0.29) is 23.2 Å². The Bertz CT molecular complexity index is 1050. The molecule has 0 spiro atoms. The van der Waals surface area contributed by atoms with E-state index in [9.17, 15) is 9.18 Å². The van der Waals surface area contributed by atoms with E-state index in [1.165, 1.54) is 6.07 Å². The molecule has 0 bridgehead atoms.